The summed E-state index contributed by atoms with van der Waals surface area (Å²) in [7, 11) is 0. The van der Waals surface area contributed by atoms with Crippen LogP contribution in [0.15, 0.2) is 29.4 Å². The molecule has 1 aromatic carbocycles. The van der Waals surface area contributed by atoms with Crippen molar-refractivity contribution in [2.75, 3.05) is 5.32 Å². The standard InChI is InChI=1S/C17H21N3OS/c1-10-7-6-8-15(9-10)20-16(21)14(5)22-17-18-12(3)11(2)13(4)19-17/h6-9,14H,1-5H3,(H,20,21)/t14-/m0/s1. The summed E-state index contributed by atoms with van der Waals surface area (Å²) in [6.07, 6.45) is 0. The largest absolute Gasteiger partial charge is 0.325 e. The molecule has 2 aromatic rings. The topological polar surface area (TPSA) is 54.9 Å². The number of hydrogen-bond donors (Lipinski definition) is 1. The van der Waals surface area contributed by atoms with Crippen molar-refractivity contribution in [3.8, 4) is 0 Å². The fraction of sp³-hybridized carbons (Fsp3) is 0.353. The van der Waals surface area contributed by atoms with Gasteiger partial charge in [0.1, 0.15) is 0 Å². The number of carbonyl (C=O) groups excluding carboxylic acids is 1. The smallest absolute Gasteiger partial charge is 0.237 e. The third-order valence-corrected chi connectivity index (χ3v) is 4.51. The lowest BCUT2D eigenvalue weighted by Crippen LogP contribution is -2.22. The molecule has 1 atom stereocenters. The molecule has 0 aliphatic heterocycles. The highest BCUT2D eigenvalue weighted by Gasteiger charge is 2.17. The van der Waals surface area contributed by atoms with Crippen molar-refractivity contribution in [3.05, 3.63) is 46.8 Å². The molecule has 0 saturated carbocycles. The van der Waals surface area contributed by atoms with Crippen LogP contribution in [0.25, 0.3) is 0 Å². The lowest BCUT2D eigenvalue weighted by Gasteiger charge is -2.13. The fourth-order valence-corrected chi connectivity index (χ4v) is 2.83. The maximum atomic E-state index is 12.3. The molecule has 22 heavy (non-hydrogen) atoms. The van der Waals surface area contributed by atoms with Crippen molar-refractivity contribution in [2.24, 2.45) is 0 Å². The van der Waals surface area contributed by atoms with E-state index in [-0.39, 0.29) is 11.2 Å². The molecule has 0 spiro atoms. The number of nitrogens with one attached hydrogen (secondary N) is 1. The molecule has 0 bridgehead atoms. The highest BCUT2D eigenvalue weighted by Crippen LogP contribution is 2.23. The Bertz CT molecular complexity index is 677. The van der Waals surface area contributed by atoms with Crippen molar-refractivity contribution in [2.45, 2.75) is 45.0 Å². The first-order chi connectivity index (χ1) is 10.4. The van der Waals surface area contributed by atoms with Crippen LogP contribution in [0.5, 0.6) is 0 Å². The van der Waals surface area contributed by atoms with Crippen LogP contribution in [0.4, 0.5) is 5.69 Å². The minimum atomic E-state index is -0.262. The zero-order valence-electron chi connectivity index (χ0n) is 13.6. The normalized spacial score (nSPS) is 12.0. The molecule has 2 rings (SSSR count). The van der Waals surface area contributed by atoms with E-state index in [1.165, 1.54) is 11.8 Å². The Morgan fingerprint density at radius 2 is 1.77 bits per heavy atom. The molecule has 1 heterocycles. The molecule has 1 amide bonds. The van der Waals surface area contributed by atoms with E-state index in [1.807, 2.05) is 58.9 Å². The fourth-order valence-electron chi connectivity index (χ4n) is 1.97. The number of rotatable bonds is 4. The maximum absolute atomic E-state index is 12.3. The highest BCUT2D eigenvalue weighted by molar-refractivity contribution is 8.00. The predicted molar refractivity (Wildman–Crippen MR) is 91.4 cm³/mol. The summed E-state index contributed by atoms with van der Waals surface area (Å²) in [5.74, 6) is -0.0462. The van der Waals surface area contributed by atoms with Crippen molar-refractivity contribution in [1.82, 2.24) is 9.97 Å². The minimum Gasteiger partial charge on any atom is -0.325 e. The summed E-state index contributed by atoms with van der Waals surface area (Å²) in [4.78, 5) is 21.2. The molecule has 1 N–H and O–H groups in total. The summed E-state index contributed by atoms with van der Waals surface area (Å²) in [6, 6.07) is 7.77. The molecule has 1 aromatic heterocycles. The van der Waals surface area contributed by atoms with Crippen molar-refractivity contribution in [3.63, 3.8) is 0 Å². The average Bonchev–Trinajstić information content (AvgIpc) is 2.44. The van der Waals surface area contributed by atoms with E-state index < -0.39 is 0 Å². The predicted octanol–water partition coefficient (Wildman–Crippen LogP) is 3.83. The van der Waals surface area contributed by atoms with E-state index in [1.54, 1.807) is 0 Å². The van der Waals surface area contributed by atoms with Gasteiger partial charge in [0, 0.05) is 17.1 Å². The van der Waals surface area contributed by atoms with E-state index in [9.17, 15) is 4.79 Å². The number of carbonyl (C=O) groups is 1. The Kier molecular flexibility index (Phi) is 5.19. The number of nitrogens with zero attached hydrogens (tertiary/aromatic N) is 2. The van der Waals surface area contributed by atoms with Crippen molar-refractivity contribution < 1.29 is 4.79 Å². The van der Waals surface area contributed by atoms with Crippen LogP contribution in [-0.2, 0) is 4.79 Å². The van der Waals surface area contributed by atoms with Gasteiger partial charge in [0.05, 0.1) is 5.25 Å². The zero-order valence-corrected chi connectivity index (χ0v) is 14.4. The van der Waals surface area contributed by atoms with Gasteiger partial charge in [-0.3, -0.25) is 4.79 Å². The van der Waals surface area contributed by atoms with Crippen LogP contribution < -0.4 is 5.32 Å². The Morgan fingerprint density at radius 1 is 1.14 bits per heavy atom. The van der Waals surface area contributed by atoms with Crippen molar-refractivity contribution >= 4 is 23.4 Å². The third-order valence-electron chi connectivity index (χ3n) is 3.55. The number of aryl methyl sites for hydroxylation is 3. The van der Waals surface area contributed by atoms with E-state index in [4.69, 9.17) is 0 Å². The minimum absolute atomic E-state index is 0.0462. The van der Waals surface area contributed by atoms with Gasteiger partial charge in [-0.15, -0.1) is 0 Å². The lowest BCUT2D eigenvalue weighted by molar-refractivity contribution is -0.115. The molecule has 0 fully saturated rings. The second-order valence-electron chi connectivity index (χ2n) is 5.42. The molecule has 5 heteroatoms. The van der Waals surface area contributed by atoms with Crippen LogP contribution in [0.3, 0.4) is 0 Å². The molecule has 0 radical (unpaired) electrons. The Morgan fingerprint density at radius 3 is 2.36 bits per heavy atom. The molecule has 0 aliphatic carbocycles. The second-order valence-corrected chi connectivity index (χ2v) is 6.73. The monoisotopic (exact) mass is 315 g/mol. The molecule has 0 saturated heterocycles. The zero-order chi connectivity index (χ0) is 16.3. The summed E-state index contributed by atoms with van der Waals surface area (Å²) in [5.41, 5.74) is 4.95. The number of benzene rings is 1. The maximum Gasteiger partial charge on any atom is 0.237 e. The van der Waals surface area contributed by atoms with Gasteiger partial charge in [-0.1, -0.05) is 23.9 Å². The van der Waals surface area contributed by atoms with Gasteiger partial charge in [0.25, 0.3) is 0 Å². The van der Waals surface area contributed by atoms with Crippen LogP contribution in [-0.4, -0.2) is 21.1 Å². The number of thioether (sulfide) groups is 1. The number of amides is 1. The van der Waals surface area contributed by atoms with Gasteiger partial charge in [-0.05, 0) is 57.9 Å². The molecule has 4 nitrogen and oxygen atoms in total. The van der Waals surface area contributed by atoms with Gasteiger partial charge in [0.2, 0.25) is 5.91 Å². The lowest BCUT2D eigenvalue weighted by atomic mass is 10.2. The quantitative estimate of drug-likeness (QED) is 0.688. The van der Waals surface area contributed by atoms with Gasteiger partial charge >= 0.3 is 0 Å². The Labute approximate surface area is 135 Å². The third kappa shape index (κ3) is 4.07. The van der Waals surface area contributed by atoms with E-state index in [0.29, 0.717) is 5.16 Å². The van der Waals surface area contributed by atoms with Gasteiger partial charge in [-0.2, -0.15) is 0 Å². The van der Waals surface area contributed by atoms with Gasteiger partial charge in [0.15, 0.2) is 5.16 Å². The van der Waals surface area contributed by atoms with Gasteiger partial charge < -0.3 is 5.32 Å². The summed E-state index contributed by atoms with van der Waals surface area (Å²) < 4.78 is 0. The number of aromatic nitrogens is 2. The first kappa shape index (κ1) is 16.5. The van der Waals surface area contributed by atoms with Crippen molar-refractivity contribution in [1.29, 1.82) is 0 Å². The first-order valence-electron chi connectivity index (χ1n) is 7.23. The summed E-state index contributed by atoms with van der Waals surface area (Å²) in [6.45, 7) is 9.80. The van der Waals surface area contributed by atoms with Crippen LogP contribution >= 0.6 is 11.8 Å². The van der Waals surface area contributed by atoms with Crippen LogP contribution in [0.1, 0.15) is 29.4 Å². The summed E-state index contributed by atoms with van der Waals surface area (Å²) >= 11 is 1.38. The molecular formula is C17H21N3OS. The molecular weight excluding hydrogens is 294 g/mol. The van der Waals surface area contributed by atoms with Crippen LogP contribution in [0, 0.1) is 27.7 Å². The average molecular weight is 315 g/mol. The SMILES string of the molecule is Cc1cccc(NC(=O)[C@H](C)Sc2nc(C)c(C)c(C)n2)c1. The highest BCUT2D eigenvalue weighted by atomic mass is 32.2. The Hall–Kier alpha value is -1.88. The Balaban J connectivity index is 2.05. The second kappa shape index (κ2) is 6.92. The molecule has 116 valence electrons. The van der Waals surface area contributed by atoms with E-state index in [0.717, 1.165) is 28.2 Å². The first-order valence-corrected chi connectivity index (χ1v) is 8.11. The van der Waals surface area contributed by atoms with Gasteiger partial charge in [-0.25, -0.2) is 9.97 Å². The molecule has 0 unspecified atom stereocenters. The van der Waals surface area contributed by atoms with Crippen LogP contribution in [0.2, 0.25) is 0 Å². The van der Waals surface area contributed by atoms with E-state index in [2.05, 4.69) is 15.3 Å². The summed E-state index contributed by atoms with van der Waals surface area (Å²) in [5, 5.41) is 3.31. The number of hydrogen-bond acceptors (Lipinski definition) is 4. The van der Waals surface area contributed by atoms with E-state index >= 15 is 0 Å². The molecule has 0 aliphatic rings. The number of anilines is 1.